The Labute approximate surface area is 118 Å². The van der Waals surface area contributed by atoms with Gasteiger partial charge in [0, 0.05) is 17.3 Å². The van der Waals surface area contributed by atoms with Gasteiger partial charge in [0.15, 0.2) is 0 Å². The minimum Gasteiger partial charge on any atom is -0.459 e. The highest BCUT2D eigenvalue weighted by molar-refractivity contribution is 5.77. The molecule has 0 radical (unpaired) electrons. The molecule has 0 aliphatic rings. The Morgan fingerprint density at radius 2 is 2.15 bits per heavy atom. The number of likely N-dealkylation sites (N-methyl/N-ethyl adjacent to an activating group) is 1. The van der Waals surface area contributed by atoms with Crippen LogP contribution in [0.5, 0.6) is 0 Å². The molecular weight excluding hydrogens is 250 g/mol. The van der Waals surface area contributed by atoms with Gasteiger partial charge in [-0.05, 0) is 31.7 Å². The zero-order valence-corrected chi connectivity index (χ0v) is 11.8. The number of furan rings is 1. The van der Waals surface area contributed by atoms with E-state index >= 15 is 0 Å². The molecule has 0 amide bonds. The number of aryl methyl sites for hydroxylation is 1. The Bertz CT molecular complexity index is 665. The van der Waals surface area contributed by atoms with Gasteiger partial charge in [-0.15, -0.1) is 0 Å². The minimum atomic E-state index is 0.131. The van der Waals surface area contributed by atoms with Crippen LogP contribution >= 0.6 is 0 Å². The monoisotopic (exact) mass is 269 g/mol. The lowest BCUT2D eigenvalue weighted by Crippen LogP contribution is -2.25. The molecule has 0 aliphatic heterocycles. The maximum atomic E-state index is 5.97. The third-order valence-electron chi connectivity index (χ3n) is 3.52. The molecule has 1 N–H and O–H groups in total. The highest BCUT2D eigenvalue weighted by Crippen LogP contribution is 2.25. The Balaban J connectivity index is 1.91. The second-order valence-electron chi connectivity index (χ2n) is 4.95. The smallest absolute Gasteiger partial charge is 0.134 e. The van der Waals surface area contributed by atoms with Crippen molar-refractivity contribution in [2.75, 3.05) is 6.54 Å². The molecule has 0 aliphatic carbocycles. The van der Waals surface area contributed by atoms with Crippen molar-refractivity contribution >= 4 is 11.0 Å². The third kappa shape index (κ3) is 2.47. The fourth-order valence-corrected chi connectivity index (χ4v) is 2.44. The number of benzene rings is 1. The summed E-state index contributed by atoms with van der Waals surface area (Å²) in [4.78, 5) is 0. The van der Waals surface area contributed by atoms with Gasteiger partial charge in [-0.2, -0.15) is 5.10 Å². The number of fused-ring (bicyclic) bond motifs is 1. The summed E-state index contributed by atoms with van der Waals surface area (Å²) in [6, 6.07) is 12.4. The van der Waals surface area contributed by atoms with Gasteiger partial charge in [0.25, 0.3) is 0 Å². The van der Waals surface area contributed by atoms with Crippen LogP contribution in [0, 0.1) is 6.92 Å². The van der Waals surface area contributed by atoms with Crippen LogP contribution in [0.15, 0.2) is 47.0 Å². The van der Waals surface area contributed by atoms with Crippen molar-refractivity contribution in [3.05, 3.63) is 54.0 Å². The lowest BCUT2D eigenvalue weighted by atomic mass is 10.2. The van der Waals surface area contributed by atoms with Crippen molar-refractivity contribution < 1.29 is 4.42 Å². The molecule has 4 heteroatoms. The van der Waals surface area contributed by atoms with Crippen molar-refractivity contribution in [1.82, 2.24) is 15.1 Å². The fraction of sp³-hybridized carbons (Fsp3) is 0.312. The molecule has 3 rings (SSSR count). The summed E-state index contributed by atoms with van der Waals surface area (Å²) < 4.78 is 7.97. The summed E-state index contributed by atoms with van der Waals surface area (Å²) in [6.07, 6.45) is 1.83. The van der Waals surface area contributed by atoms with Crippen LogP contribution in [0.1, 0.15) is 24.4 Å². The van der Waals surface area contributed by atoms with E-state index in [9.17, 15) is 0 Å². The molecule has 1 unspecified atom stereocenters. The van der Waals surface area contributed by atoms with Crippen molar-refractivity contribution in [3.8, 4) is 0 Å². The standard InChI is InChI=1S/C16H19N3O/c1-3-17-14(11-19-12(2)8-9-18-19)16-10-13-6-4-5-7-15(13)20-16/h4-10,14,17H,3,11H2,1-2H3. The predicted molar refractivity (Wildman–Crippen MR) is 79.6 cm³/mol. The van der Waals surface area contributed by atoms with Gasteiger partial charge in [-0.1, -0.05) is 25.1 Å². The summed E-state index contributed by atoms with van der Waals surface area (Å²) in [5, 5.41) is 8.96. The second kappa shape index (κ2) is 5.51. The van der Waals surface area contributed by atoms with Crippen molar-refractivity contribution in [3.63, 3.8) is 0 Å². The topological polar surface area (TPSA) is 43.0 Å². The van der Waals surface area contributed by atoms with Crippen molar-refractivity contribution in [2.45, 2.75) is 26.4 Å². The number of aromatic nitrogens is 2. The number of nitrogens with zero attached hydrogens (tertiary/aromatic N) is 2. The van der Waals surface area contributed by atoms with Crippen molar-refractivity contribution in [2.24, 2.45) is 0 Å². The van der Waals surface area contributed by atoms with E-state index in [-0.39, 0.29) is 6.04 Å². The molecule has 1 aromatic carbocycles. The maximum absolute atomic E-state index is 5.97. The number of nitrogens with one attached hydrogen (secondary N) is 1. The maximum Gasteiger partial charge on any atom is 0.134 e. The van der Waals surface area contributed by atoms with Gasteiger partial charge in [0.2, 0.25) is 0 Å². The summed E-state index contributed by atoms with van der Waals surface area (Å²) in [6.45, 7) is 5.83. The molecule has 0 fully saturated rings. The van der Waals surface area contributed by atoms with Gasteiger partial charge in [0.05, 0.1) is 12.6 Å². The molecule has 3 aromatic rings. The quantitative estimate of drug-likeness (QED) is 0.773. The average Bonchev–Trinajstić information content (AvgIpc) is 3.04. The van der Waals surface area contributed by atoms with Crippen LogP contribution in [0.25, 0.3) is 11.0 Å². The van der Waals surface area contributed by atoms with Crippen LogP contribution in [0.3, 0.4) is 0 Å². The normalized spacial score (nSPS) is 12.9. The summed E-state index contributed by atoms with van der Waals surface area (Å²) >= 11 is 0. The van der Waals surface area contributed by atoms with Crippen LogP contribution in [-0.4, -0.2) is 16.3 Å². The van der Waals surface area contributed by atoms with E-state index in [1.165, 1.54) is 0 Å². The second-order valence-corrected chi connectivity index (χ2v) is 4.95. The fourth-order valence-electron chi connectivity index (χ4n) is 2.44. The lowest BCUT2D eigenvalue weighted by Gasteiger charge is -2.16. The van der Waals surface area contributed by atoms with E-state index in [0.717, 1.165) is 35.5 Å². The van der Waals surface area contributed by atoms with E-state index < -0.39 is 0 Å². The van der Waals surface area contributed by atoms with E-state index in [1.807, 2.05) is 35.1 Å². The van der Waals surface area contributed by atoms with Gasteiger partial charge in [0.1, 0.15) is 11.3 Å². The van der Waals surface area contributed by atoms with E-state index in [0.29, 0.717) is 0 Å². The number of hydrogen-bond donors (Lipinski definition) is 1. The molecule has 0 saturated carbocycles. The third-order valence-corrected chi connectivity index (χ3v) is 3.52. The van der Waals surface area contributed by atoms with Crippen LogP contribution in [0.2, 0.25) is 0 Å². The SMILES string of the molecule is CCNC(Cn1nccc1C)c1cc2ccccc2o1. The van der Waals surface area contributed by atoms with E-state index in [2.05, 4.69) is 36.4 Å². The van der Waals surface area contributed by atoms with Gasteiger partial charge in [-0.3, -0.25) is 4.68 Å². The first kappa shape index (κ1) is 12.9. The van der Waals surface area contributed by atoms with Crippen LogP contribution in [0.4, 0.5) is 0 Å². The Kier molecular flexibility index (Phi) is 3.56. The first-order valence-electron chi connectivity index (χ1n) is 6.98. The van der Waals surface area contributed by atoms with Crippen LogP contribution in [-0.2, 0) is 6.54 Å². The van der Waals surface area contributed by atoms with E-state index in [4.69, 9.17) is 4.42 Å². The summed E-state index contributed by atoms with van der Waals surface area (Å²) in [5.41, 5.74) is 2.09. The first-order chi connectivity index (χ1) is 9.78. The molecule has 0 bridgehead atoms. The van der Waals surface area contributed by atoms with Gasteiger partial charge < -0.3 is 9.73 Å². The predicted octanol–water partition coefficient (Wildman–Crippen LogP) is 3.29. The van der Waals surface area contributed by atoms with E-state index in [1.54, 1.807) is 0 Å². The zero-order valence-electron chi connectivity index (χ0n) is 11.8. The van der Waals surface area contributed by atoms with Gasteiger partial charge in [-0.25, -0.2) is 0 Å². The molecule has 4 nitrogen and oxygen atoms in total. The lowest BCUT2D eigenvalue weighted by molar-refractivity contribution is 0.378. The molecule has 1 atom stereocenters. The number of para-hydroxylation sites is 1. The van der Waals surface area contributed by atoms with Crippen LogP contribution < -0.4 is 5.32 Å². The Morgan fingerprint density at radius 1 is 1.30 bits per heavy atom. The first-order valence-corrected chi connectivity index (χ1v) is 6.98. The molecule has 0 saturated heterocycles. The highest BCUT2D eigenvalue weighted by atomic mass is 16.3. The van der Waals surface area contributed by atoms with Crippen molar-refractivity contribution in [1.29, 1.82) is 0 Å². The molecule has 2 aromatic heterocycles. The summed E-state index contributed by atoms with van der Waals surface area (Å²) in [7, 11) is 0. The molecule has 2 heterocycles. The largest absolute Gasteiger partial charge is 0.459 e. The number of hydrogen-bond acceptors (Lipinski definition) is 3. The Morgan fingerprint density at radius 3 is 2.85 bits per heavy atom. The summed E-state index contributed by atoms with van der Waals surface area (Å²) in [5.74, 6) is 0.961. The average molecular weight is 269 g/mol. The molecular formula is C16H19N3O. The Hall–Kier alpha value is -2.07. The number of rotatable bonds is 5. The highest BCUT2D eigenvalue weighted by Gasteiger charge is 2.17. The molecule has 20 heavy (non-hydrogen) atoms. The molecule has 0 spiro atoms. The zero-order chi connectivity index (χ0) is 13.9. The minimum absolute atomic E-state index is 0.131. The van der Waals surface area contributed by atoms with Gasteiger partial charge >= 0.3 is 0 Å². The molecule has 104 valence electrons.